The number of nitrogens with zero attached hydrogens (tertiary/aromatic N) is 1. The molecule has 0 bridgehead atoms. The van der Waals surface area contributed by atoms with Gasteiger partial charge in [-0.25, -0.2) is 4.98 Å². The fraction of sp³-hybridized carbons (Fsp3) is 0.308. The quantitative estimate of drug-likeness (QED) is 0.369. The summed E-state index contributed by atoms with van der Waals surface area (Å²) < 4.78 is 0. The molecule has 2 unspecified atom stereocenters. The Hall–Kier alpha value is -2.99. The number of carbonyl (C=O) groups is 1. The zero-order valence-electron chi connectivity index (χ0n) is 18.1. The van der Waals surface area contributed by atoms with Crippen molar-refractivity contribution in [2.24, 2.45) is 5.92 Å². The van der Waals surface area contributed by atoms with E-state index >= 15 is 0 Å². The van der Waals surface area contributed by atoms with Crippen LogP contribution in [0, 0.1) is 5.92 Å². The molecule has 2 aromatic carbocycles. The van der Waals surface area contributed by atoms with Gasteiger partial charge in [-0.2, -0.15) is 0 Å². The largest absolute Gasteiger partial charge is 0.507 e. The SMILES string of the molecule is CCSc1ccc(-c2cc(NC3CCCC(C(=O)O)C3)nc(-c3ccccc3O)c2)cc1. The summed E-state index contributed by atoms with van der Waals surface area (Å²) in [4.78, 5) is 17.5. The molecule has 0 saturated heterocycles. The number of aromatic nitrogens is 1. The molecular weight excluding hydrogens is 420 g/mol. The van der Waals surface area contributed by atoms with E-state index in [0.717, 1.165) is 36.1 Å². The molecule has 3 aromatic rings. The maximum absolute atomic E-state index is 11.5. The lowest BCUT2D eigenvalue weighted by molar-refractivity contribution is -0.142. The van der Waals surface area contributed by atoms with Crippen LogP contribution in [0.2, 0.25) is 0 Å². The van der Waals surface area contributed by atoms with Gasteiger partial charge >= 0.3 is 5.97 Å². The van der Waals surface area contributed by atoms with E-state index in [4.69, 9.17) is 4.98 Å². The zero-order valence-corrected chi connectivity index (χ0v) is 18.9. The maximum atomic E-state index is 11.5. The fourth-order valence-corrected chi connectivity index (χ4v) is 4.93. The Morgan fingerprint density at radius 3 is 2.59 bits per heavy atom. The molecule has 4 rings (SSSR count). The van der Waals surface area contributed by atoms with E-state index in [2.05, 4.69) is 36.5 Å². The molecule has 3 N–H and O–H groups in total. The molecule has 0 spiro atoms. The number of carboxylic acid groups (broad SMARTS) is 1. The normalized spacial score (nSPS) is 18.3. The van der Waals surface area contributed by atoms with Crippen LogP contribution in [0.5, 0.6) is 5.75 Å². The number of para-hydroxylation sites is 1. The topological polar surface area (TPSA) is 82.5 Å². The summed E-state index contributed by atoms with van der Waals surface area (Å²) in [5.74, 6) is 0.868. The highest BCUT2D eigenvalue weighted by Crippen LogP contribution is 2.34. The number of pyridine rings is 1. The average Bonchev–Trinajstić information content (AvgIpc) is 2.80. The number of phenols is 1. The second-order valence-electron chi connectivity index (χ2n) is 8.14. The number of benzene rings is 2. The first-order valence-electron chi connectivity index (χ1n) is 11.1. The molecule has 0 aliphatic heterocycles. The predicted octanol–water partition coefficient (Wildman–Crippen LogP) is 6.29. The van der Waals surface area contributed by atoms with E-state index in [1.807, 2.05) is 24.3 Å². The van der Waals surface area contributed by atoms with Gasteiger partial charge in [0.1, 0.15) is 11.6 Å². The van der Waals surface area contributed by atoms with Crippen LogP contribution in [0.3, 0.4) is 0 Å². The van der Waals surface area contributed by atoms with Crippen LogP contribution in [0.4, 0.5) is 5.82 Å². The minimum atomic E-state index is -0.724. The number of hydrogen-bond donors (Lipinski definition) is 3. The Morgan fingerprint density at radius 1 is 1.09 bits per heavy atom. The summed E-state index contributed by atoms with van der Waals surface area (Å²) in [5.41, 5.74) is 3.42. The minimum Gasteiger partial charge on any atom is -0.507 e. The van der Waals surface area contributed by atoms with Crippen LogP contribution in [0.25, 0.3) is 22.4 Å². The van der Waals surface area contributed by atoms with Crippen molar-refractivity contribution in [1.29, 1.82) is 0 Å². The molecule has 1 saturated carbocycles. The molecule has 0 amide bonds. The summed E-state index contributed by atoms with van der Waals surface area (Å²) >= 11 is 1.80. The van der Waals surface area contributed by atoms with E-state index in [0.29, 0.717) is 23.5 Å². The lowest BCUT2D eigenvalue weighted by Crippen LogP contribution is -2.31. The summed E-state index contributed by atoms with van der Waals surface area (Å²) in [6.07, 6.45) is 3.13. The average molecular weight is 449 g/mol. The van der Waals surface area contributed by atoms with Gasteiger partial charge in [-0.3, -0.25) is 4.79 Å². The van der Waals surface area contributed by atoms with Crippen molar-refractivity contribution in [3.8, 4) is 28.1 Å². The first kappa shape index (κ1) is 22.2. The number of nitrogens with one attached hydrogen (secondary N) is 1. The highest BCUT2D eigenvalue weighted by atomic mass is 32.2. The van der Waals surface area contributed by atoms with E-state index in [1.165, 1.54) is 4.90 Å². The molecular formula is C26H28N2O3S. The van der Waals surface area contributed by atoms with E-state index < -0.39 is 5.97 Å². The summed E-state index contributed by atoms with van der Waals surface area (Å²) in [7, 11) is 0. The molecule has 1 heterocycles. The highest BCUT2D eigenvalue weighted by molar-refractivity contribution is 7.99. The first-order valence-corrected chi connectivity index (χ1v) is 12.0. The van der Waals surface area contributed by atoms with Gasteiger partial charge in [0.2, 0.25) is 0 Å². The lowest BCUT2D eigenvalue weighted by Gasteiger charge is -2.28. The number of aromatic hydroxyl groups is 1. The predicted molar refractivity (Wildman–Crippen MR) is 130 cm³/mol. The first-order chi connectivity index (χ1) is 15.5. The fourth-order valence-electron chi connectivity index (χ4n) is 4.26. The van der Waals surface area contributed by atoms with Crippen molar-refractivity contribution < 1.29 is 15.0 Å². The molecule has 1 fully saturated rings. The van der Waals surface area contributed by atoms with Crippen molar-refractivity contribution in [2.45, 2.75) is 43.5 Å². The third kappa shape index (κ3) is 5.25. The van der Waals surface area contributed by atoms with Crippen LogP contribution >= 0.6 is 11.8 Å². The van der Waals surface area contributed by atoms with E-state index in [9.17, 15) is 15.0 Å². The van der Waals surface area contributed by atoms with Gasteiger partial charge in [0.25, 0.3) is 0 Å². The van der Waals surface area contributed by atoms with Crippen LogP contribution < -0.4 is 5.32 Å². The van der Waals surface area contributed by atoms with Gasteiger partial charge in [-0.15, -0.1) is 11.8 Å². The van der Waals surface area contributed by atoms with Gasteiger partial charge in [0.15, 0.2) is 0 Å². The summed E-state index contributed by atoms with van der Waals surface area (Å²) in [6, 6.07) is 19.7. The standard InChI is InChI=1S/C26H28N2O3S/c1-2-32-21-12-10-17(11-13-21)19-15-23(22-8-3-4-9-24(22)29)28-25(16-19)27-20-7-5-6-18(14-20)26(30)31/h3-4,8-13,15-16,18,20,29H,2,5-7,14H2,1H3,(H,27,28)(H,30,31). The molecule has 1 aliphatic carbocycles. The Balaban J connectivity index is 1.69. The van der Waals surface area contributed by atoms with Gasteiger partial charge < -0.3 is 15.5 Å². The van der Waals surface area contributed by atoms with Crippen LogP contribution in [0.15, 0.2) is 65.6 Å². The number of anilines is 1. The molecule has 0 radical (unpaired) electrons. The van der Waals surface area contributed by atoms with Gasteiger partial charge in [0, 0.05) is 16.5 Å². The third-order valence-electron chi connectivity index (χ3n) is 5.88. The monoisotopic (exact) mass is 448 g/mol. The second kappa shape index (κ2) is 10.1. The van der Waals surface area contributed by atoms with Crippen molar-refractivity contribution in [2.75, 3.05) is 11.1 Å². The van der Waals surface area contributed by atoms with E-state index in [1.54, 1.807) is 23.9 Å². The number of carboxylic acids is 1. The zero-order chi connectivity index (χ0) is 22.5. The van der Waals surface area contributed by atoms with Gasteiger partial charge in [-0.05, 0) is 72.5 Å². The molecule has 6 heteroatoms. The van der Waals surface area contributed by atoms with Gasteiger partial charge in [-0.1, -0.05) is 37.6 Å². The Kier molecular flexibility index (Phi) is 7.00. The van der Waals surface area contributed by atoms with Crippen molar-refractivity contribution in [3.63, 3.8) is 0 Å². The van der Waals surface area contributed by atoms with Crippen LogP contribution in [-0.4, -0.2) is 33.0 Å². The Bertz CT molecular complexity index is 1080. The Labute approximate surface area is 192 Å². The minimum absolute atomic E-state index is 0.0631. The van der Waals surface area contributed by atoms with Crippen LogP contribution in [-0.2, 0) is 4.79 Å². The number of phenolic OH excluding ortho intramolecular Hbond substituents is 1. The maximum Gasteiger partial charge on any atom is 0.306 e. The molecule has 166 valence electrons. The second-order valence-corrected chi connectivity index (χ2v) is 9.48. The van der Waals surface area contributed by atoms with Gasteiger partial charge in [0.05, 0.1) is 11.6 Å². The Morgan fingerprint density at radius 2 is 1.88 bits per heavy atom. The van der Waals surface area contributed by atoms with Crippen molar-refractivity contribution in [1.82, 2.24) is 4.98 Å². The molecule has 5 nitrogen and oxygen atoms in total. The number of aliphatic carboxylic acids is 1. The summed E-state index contributed by atoms with van der Waals surface area (Å²) in [5, 5.41) is 23.3. The molecule has 1 aliphatic rings. The lowest BCUT2D eigenvalue weighted by atomic mass is 9.86. The highest BCUT2D eigenvalue weighted by Gasteiger charge is 2.27. The molecule has 2 atom stereocenters. The van der Waals surface area contributed by atoms with E-state index in [-0.39, 0.29) is 17.7 Å². The van der Waals surface area contributed by atoms with Crippen molar-refractivity contribution in [3.05, 3.63) is 60.7 Å². The summed E-state index contributed by atoms with van der Waals surface area (Å²) in [6.45, 7) is 2.14. The van der Waals surface area contributed by atoms with Crippen LogP contribution in [0.1, 0.15) is 32.6 Å². The number of rotatable bonds is 7. The third-order valence-corrected chi connectivity index (χ3v) is 6.77. The smallest absolute Gasteiger partial charge is 0.306 e. The number of thioether (sulfide) groups is 1. The number of hydrogen-bond acceptors (Lipinski definition) is 5. The van der Waals surface area contributed by atoms with Crippen molar-refractivity contribution >= 4 is 23.5 Å². The molecule has 32 heavy (non-hydrogen) atoms. The molecule has 1 aromatic heterocycles.